The zero-order valence-electron chi connectivity index (χ0n) is 9.31. The number of rotatable bonds is 4. The van der Waals surface area contributed by atoms with Gasteiger partial charge in [-0.2, -0.15) is 0 Å². The Morgan fingerprint density at radius 3 is 2.94 bits per heavy atom. The maximum absolute atomic E-state index is 10.5. The van der Waals surface area contributed by atoms with Gasteiger partial charge in [-0.05, 0) is 30.5 Å². The van der Waals surface area contributed by atoms with E-state index in [1.807, 2.05) is 19.3 Å². The van der Waals surface area contributed by atoms with Crippen LogP contribution in [-0.4, -0.2) is 15.6 Å². The van der Waals surface area contributed by atoms with Gasteiger partial charge in [0.05, 0.1) is 0 Å². The van der Waals surface area contributed by atoms with Crippen LogP contribution >= 0.6 is 0 Å². The molecule has 2 aromatic rings. The third-order valence-electron chi connectivity index (χ3n) is 2.85. The molecule has 0 radical (unpaired) electrons. The fraction of sp³-hybridized carbons (Fsp3) is 0.308. The van der Waals surface area contributed by atoms with Crippen LogP contribution in [0.1, 0.15) is 18.4 Å². The molecule has 0 bridgehead atoms. The van der Waals surface area contributed by atoms with Crippen molar-refractivity contribution in [1.29, 1.82) is 0 Å². The van der Waals surface area contributed by atoms with Crippen molar-refractivity contribution in [3.05, 3.63) is 36.0 Å². The highest BCUT2D eigenvalue weighted by Crippen LogP contribution is 2.20. The first-order valence-corrected chi connectivity index (χ1v) is 5.43. The molecule has 16 heavy (non-hydrogen) atoms. The van der Waals surface area contributed by atoms with Gasteiger partial charge in [0.15, 0.2) is 0 Å². The number of carboxylic acid groups (broad SMARTS) is 1. The van der Waals surface area contributed by atoms with Crippen LogP contribution in [0.5, 0.6) is 0 Å². The number of aryl methyl sites for hydroxylation is 2. The van der Waals surface area contributed by atoms with E-state index in [4.69, 9.17) is 5.11 Å². The van der Waals surface area contributed by atoms with Gasteiger partial charge in [0.25, 0.3) is 0 Å². The molecule has 0 atom stereocenters. The van der Waals surface area contributed by atoms with Crippen molar-refractivity contribution < 1.29 is 9.90 Å². The number of hydrogen-bond acceptors (Lipinski definition) is 1. The maximum Gasteiger partial charge on any atom is 0.303 e. The number of fused-ring (bicyclic) bond motifs is 1. The Morgan fingerprint density at radius 2 is 2.19 bits per heavy atom. The summed E-state index contributed by atoms with van der Waals surface area (Å²) in [7, 11) is 2.02. The van der Waals surface area contributed by atoms with Crippen molar-refractivity contribution in [2.45, 2.75) is 19.3 Å². The molecule has 0 spiro atoms. The minimum Gasteiger partial charge on any atom is -0.481 e. The molecule has 2 rings (SSSR count). The second-order valence-electron chi connectivity index (χ2n) is 4.02. The zero-order chi connectivity index (χ0) is 11.5. The topological polar surface area (TPSA) is 42.2 Å². The highest BCUT2D eigenvalue weighted by Gasteiger charge is 2.04. The number of benzene rings is 1. The minimum absolute atomic E-state index is 0.239. The molecule has 3 nitrogen and oxygen atoms in total. The summed E-state index contributed by atoms with van der Waals surface area (Å²) in [6, 6.07) is 8.27. The molecule has 0 fully saturated rings. The van der Waals surface area contributed by atoms with Gasteiger partial charge >= 0.3 is 5.97 Å². The van der Waals surface area contributed by atoms with Gasteiger partial charge in [-0.25, -0.2) is 0 Å². The quantitative estimate of drug-likeness (QED) is 0.855. The van der Waals surface area contributed by atoms with Crippen LogP contribution in [0, 0.1) is 0 Å². The number of nitrogens with zero attached hydrogens (tertiary/aromatic N) is 1. The average molecular weight is 217 g/mol. The summed E-state index contributed by atoms with van der Waals surface area (Å²) in [5.74, 6) is -0.722. The lowest BCUT2D eigenvalue weighted by Crippen LogP contribution is -1.96. The van der Waals surface area contributed by atoms with Crippen LogP contribution in [0.15, 0.2) is 30.5 Å². The Morgan fingerprint density at radius 1 is 1.38 bits per heavy atom. The van der Waals surface area contributed by atoms with E-state index in [2.05, 4.69) is 22.8 Å². The van der Waals surface area contributed by atoms with E-state index in [1.165, 1.54) is 16.5 Å². The van der Waals surface area contributed by atoms with Gasteiger partial charge in [-0.1, -0.05) is 12.1 Å². The van der Waals surface area contributed by atoms with Crippen molar-refractivity contribution in [3.63, 3.8) is 0 Å². The number of hydrogen-bond donors (Lipinski definition) is 1. The fourth-order valence-electron chi connectivity index (χ4n) is 2.01. The van der Waals surface area contributed by atoms with Crippen LogP contribution in [-0.2, 0) is 18.3 Å². The normalized spacial score (nSPS) is 10.8. The molecule has 1 heterocycles. The fourth-order valence-corrected chi connectivity index (χ4v) is 2.01. The third kappa shape index (κ3) is 2.08. The summed E-state index contributed by atoms with van der Waals surface area (Å²) in [5.41, 5.74) is 2.44. The largest absolute Gasteiger partial charge is 0.481 e. The van der Waals surface area contributed by atoms with Gasteiger partial charge in [-0.15, -0.1) is 0 Å². The second-order valence-corrected chi connectivity index (χ2v) is 4.02. The summed E-state index contributed by atoms with van der Waals surface area (Å²) in [5, 5.41) is 9.84. The van der Waals surface area contributed by atoms with Crippen molar-refractivity contribution >= 4 is 16.9 Å². The molecule has 0 amide bonds. The highest BCUT2D eigenvalue weighted by molar-refractivity contribution is 5.83. The second kappa shape index (κ2) is 4.39. The lowest BCUT2D eigenvalue weighted by molar-refractivity contribution is -0.137. The van der Waals surface area contributed by atoms with Crippen molar-refractivity contribution in [2.75, 3.05) is 0 Å². The number of carboxylic acids is 1. The van der Waals surface area contributed by atoms with Crippen molar-refractivity contribution in [1.82, 2.24) is 4.57 Å². The molecule has 1 aromatic carbocycles. The summed E-state index contributed by atoms with van der Waals surface area (Å²) in [4.78, 5) is 10.5. The molecule has 0 aliphatic carbocycles. The van der Waals surface area contributed by atoms with E-state index >= 15 is 0 Å². The molecule has 0 unspecified atom stereocenters. The van der Waals surface area contributed by atoms with Crippen molar-refractivity contribution in [2.24, 2.45) is 7.05 Å². The van der Waals surface area contributed by atoms with Crippen LogP contribution in [0.2, 0.25) is 0 Å². The van der Waals surface area contributed by atoms with Gasteiger partial charge in [-0.3, -0.25) is 4.79 Å². The summed E-state index contributed by atoms with van der Waals surface area (Å²) in [6.07, 6.45) is 3.80. The summed E-state index contributed by atoms with van der Waals surface area (Å²) < 4.78 is 2.08. The van der Waals surface area contributed by atoms with E-state index in [9.17, 15) is 4.79 Å². The molecule has 84 valence electrons. The van der Waals surface area contributed by atoms with Crippen LogP contribution in [0.25, 0.3) is 10.9 Å². The predicted molar refractivity (Wildman–Crippen MR) is 63.5 cm³/mol. The standard InChI is InChI=1S/C13H15NO2/c1-14-9-8-11-10(4-2-6-12(11)14)5-3-7-13(15)16/h2,4,6,8-9H,3,5,7H2,1H3,(H,15,16). The number of carbonyl (C=O) groups is 1. The van der Waals surface area contributed by atoms with E-state index in [1.54, 1.807) is 0 Å². The lowest BCUT2D eigenvalue weighted by Gasteiger charge is -2.03. The van der Waals surface area contributed by atoms with Crippen LogP contribution in [0.4, 0.5) is 0 Å². The first kappa shape index (κ1) is 10.7. The number of aliphatic carboxylic acids is 1. The summed E-state index contributed by atoms with van der Waals surface area (Å²) >= 11 is 0. The van der Waals surface area contributed by atoms with E-state index in [0.717, 1.165) is 6.42 Å². The summed E-state index contributed by atoms with van der Waals surface area (Å²) in [6.45, 7) is 0. The molecule has 0 saturated heterocycles. The molecule has 0 saturated carbocycles. The van der Waals surface area contributed by atoms with E-state index in [0.29, 0.717) is 6.42 Å². The lowest BCUT2D eigenvalue weighted by atomic mass is 10.0. The van der Waals surface area contributed by atoms with Gasteiger partial charge < -0.3 is 9.67 Å². The van der Waals surface area contributed by atoms with E-state index < -0.39 is 5.97 Å². The first-order chi connectivity index (χ1) is 7.68. The monoisotopic (exact) mass is 217 g/mol. The van der Waals surface area contributed by atoms with Gasteiger partial charge in [0, 0.05) is 30.6 Å². The number of aromatic nitrogens is 1. The minimum atomic E-state index is -0.722. The Balaban J connectivity index is 2.20. The smallest absolute Gasteiger partial charge is 0.303 e. The molecule has 0 aliphatic rings. The van der Waals surface area contributed by atoms with Crippen LogP contribution < -0.4 is 0 Å². The van der Waals surface area contributed by atoms with E-state index in [-0.39, 0.29) is 6.42 Å². The molecular formula is C13H15NO2. The third-order valence-corrected chi connectivity index (χ3v) is 2.85. The Bertz CT molecular complexity index is 514. The molecule has 1 aromatic heterocycles. The average Bonchev–Trinajstić information content (AvgIpc) is 2.61. The zero-order valence-corrected chi connectivity index (χ0v) is 9.31. The Hall–Kier alpha value is -1.77. The van der Waals surface area contributed by atoms with Crippen LogP contribution in [0.3, 0.4) is 0 Å². The maximum atomic E-state index is 10.5. The molecule has 0 aliphatic heterocycles. The van der Waals surface area contributed by atoms with Gasteiger partial charge in [0.1, 0.15) is 0 Å². The van der Waals surface area contributed by atoms with Crippen molar-refractivity contribution in [3.8, 4) is 0 Å². The predicted octanol–water partition coefficient (Wildman–Crippen LogP) is 2.59. The Kier molecular flexibility index (Phi) is 2.95. The Labute approximate surface area is 94.3 Å². The highest BCUT2D eigenvalue weighted by atomic mass is 16.4. The molecular weight excluding hydrogens is 202 g/mol. The van der Waals surface area contributed by atoms with Gasteiger partial charge in [0.2, 0.25) is 0 Å². The molecule has 1 N–H and O–H groups in total. The molecule has 3 heteroatoms. The SMILES string of the molecule is Cn1ccc2c(CCCC(=O)O)cccc21. The first-order valence-electron chi connectivity index (χ1n) is 5.43.